The van der Waals surface area contributed by atoms with Crippen molar-refractivity contribution in [1.29, 1.82) is 0 Å². The molecule has 6 heteroatoms. The molecule has 0 unspecified atom stereocenters. The molecule has 0 spiro atoms. The van der Waals surface area contributed by atoms with Gasteiger partial charge in [0.1, 0.15) is 5.69 Å². The highest BCUT2D eigenvalue weighted by Crippen LogP contribution is 2.24. The average molecular weight is 389 g/mol. The molecule has 0 aliphatic carbocycles. The highest BCUT2D eigenvalue weighted by molar-refractivity contribution is 6.31. The van der Waals surface area contributed by atoms with Gasteiger partial charge >= 0.3 is 0 Å². The van der Waals surface area contributed by atoms with Crippen molar-refractivity contribution in [2.45, 2.75) is 6.92 Å². The van der Waals surface area contributed by atoms with Gasteiger partial charge in [-0.15, -0.1) is 0 Å². The Morgan fingerprint density at radius 1 is 0.964 bits per heavy atom. The summed E-state index contributed by atoms with van der Waals surface area (Å²) in [7, 11) is 0. The van der Waals surface area contributed by atoms with Gasteiger partial charge in [0.25, 0.3) is 5.91 Å². The Balaban J connectivity index is 1.50. The lowest BCUT2D eigenvalue weighted by Gasteiger charge is -2.10. The number of hydrogen-bond acceptors (Lipinski definition) is 4. The van der Waals surface area contributed by atoms with Crippen molar-refractivity contribution in [3.63, 3.8) is 0 Å². The molecule has 1 amide bonds. The van der Waals surface area contributed by atoms with Crippen LogP contribution in [-0.2, 0) is 0 Å². The van der Waals surface area contributed by atoms with Crippen LogP contribution in [0.15, 0.2) is 73.1 Å². The fraction of sp³-hybridized carbons (Fsp3) is 0.0455. The van der Waals surface area contributed by atoms with E-state index in [1.54, 1.807) is 24.5 Å². The molecule has 2 aromatic carbocycles. The summed E-state index contributed by atoms with van der Waals surface area (Å²) in [6.07, 6.45) is 3.38. The SMILES string of the molecule is Cc1ccc(NC(=O)c2ccc(Nc3cccc4cccnc34)cn2)cc1Cl. The number of hydrogen-bond donors (Lipinski definition) is 2. The number of anilines is 3. The predicted octanol–water partition coefficient (Wildman–Crippen LogP) is 5.59. The summed E-state index contributed by atoms with van der Waals surface area (Å²) in [5.74, 6) is -0.293. The molecule has 0 saturated heterocycles. The number of rotatable bonds is 4. The van der Waals surface area contributed by atoms with Gasteiger partial charge in [0.2, 0.25) is 0 Å². The number of aryl methyl sites for hydroxylation is 1. The molecule has 0 aliphatic heterocycles. The van der Waals surface area contributed by atoms with Gasteiger partial charge in [-0.25, -0.2) is 4.98 Å². The summed E-state index contributed by atoms with van der Waals surface area (Å²) < 4.78 is 0. The molecule has 2 aromatic heterocycles. The maximum Gasteiger partial charge on any atom is 0.274 e. The van der Waals surface area contributed by atoms with Crippen LogP contribution in [0.25, 0.3) is 10.9 Å². The van der Waals surface area contributed by atoms with Gasteiger partial charge < -0.3 is 10.6 Å². The molecule has 4 aromatic rings. The van der Waals surface area contributed by atoms with E-state index in [0.29, 0.717) is 16.4 Å². The Kier molecular flexibility index (Phi) is 4.91. The van der Waals surface area contributed by atoms with Crippen LogP contribution in [0.5, 0.6) is 0 Å². The minimum absolute atomic E-state index is 0.293. The maximum absolute atomic E-state index is 12.4. The van der Waals surface area contributed by atoms with E-state index in [0.717, 1.165) is 27.8 Å². The smallest absolute Gasteiger partial charge is 0.274 e. The lowest BCUT2D eigenvalue weighted by Crippen LogP contribution is -2.13. The van der Waals surface area contributed by atoms with Crippen LogP contribution in [-0.4, -0.2) is 15.9 Å². The van der Waals surface area contributed by atoms with E-state index in [1.165, 1.54) is 0 Å². The predicted molar refractivity (Wildman–Crippen MR) is 113 cm³/mol. The molecule has 0 bridgehead atoms. The molecule has 0 atom stereocenters. The molecule has 138 valence electrons. The summed E-state index contributed by atoms with van der Waals surface area (Å²) in [6.45, 7) is 1.91. The largest absolute Gasteiger partial charge is 0.352 e. The first-order valence-corrected chi connectivity index (χ1v) is 9.12. The zero-order valence-corrected chi connectivity index (χ0v) is 15.9. The van der Waals surface area contributed by atoms with Crippen LogP contribution >= 0.6 is 11.6 Å². The summed E-state index contributed by atoms with van der Waals surface area (Å²) in [5.41, 5.74) is 4.43. The molecule has 0 saturated carbocycles. The van der Waals surface area contributed by atoms with Crippen LogP contribution < -0.4 is 10.6 Å². The lowest BCUT2D eigenvalue weighted by molar-refractivity contribution is 0.102. The highest BCUT2D eigenvalue weighted by atomic mass is 35.5. The number of carbonyl (C=O) groups excluding carboxylic acids is 1. The fourth-order valence-electron chi connectivity index (χ4n) is 2.83. The first-order chi connectivity index (χ1) is 13.6. The normalized spacial score (nSPS) is 10.6. The first kappa shape index (κ1) is 17.9. The Morgan fingerprint density at radius 2 is 1.79 bits per heavy atom. The number of pyridine rings is 2. The van der Waals surface area contributed by atoms with Gasteiger partial charge in [-0.3, -0.25) is 9.78 Å². The van der Waals surface area contributed by atoms with Gasteiger partial charge in [-0.1, -0.05) is 35.9 Å². The third kappa shape index (κ3) is 3.80. The van der Waals surface area contributed by atoms with Crippen molar-refractivity contribution in [3.8, 4) is 0 Å². The molecular weight excluding hydrogens is 372 g/mol. The van der Waals surface area contributed by atoms with E-state index in [2.05, 4.69) is 20.6 Å². The zero-order valence-electron chi connectivity index (χ0n) is 15.1. The molecule has 5 nitrogen and oxygen atoms in total. The fourth-order valence-corrected chi connectivity index (χ4v) is 3.01. The van der Waals surface area contributed by atoms with Gasteiger partial charge in [0.15, 0.2) is 0 Å². The number of carbonyl (C=O) groups is 1. The first-order valence-electron chi connectivity index (χ1n) is 8.74. The van der Waals surface area contributed by atoms with Crippen LogP contribution in [0.4, 0.5) is 17.1 Å². The summed E-state index contributed by atoms with van der Waals surface area (Å²) in [6, 6.07) is 18.7. The number of amides is 1. The number of benzene rings is 2. The Bertz CT molecular complexity index is 1150. The van der Waals surface area contributed by atoms with Crippen LogP contribution in [0.1, 0.15) is 16.1 Å². The monoisotopic (exact) mass is 388 g/mol. The second-order valence-electron chi connectivity index (χ2n) is 6.36. The third-order valence-electron chi connectivity index (χ3n) is 4.34. The van der Waals surface area contributed by atoms with Gasteiger partial charge in [0, 0.05) is 22.3 Å². The van der Waals surface area contributed by atoms with Crippen molar-refractivity contribution in [2.75, 3.05) is 10.6 Å². The van der Waals surface area contributed by atoms with E-state index < -0.39 is 0 Å². The Morgan fingerprint density at radius 3 is 2.57 bits per heavy atom. The van der Waals surface area contributed by atoms with Crippen LogP contribution in [0, 0.1) is 6.92 Å². The van der Waals surface area contributed by atoms with E-state index in [9.17, 15) is 4.79 Å². The minimum atomic E-state index is -0.293. The van der Waals surface area contributed by atoms with Crippen LogP contribution in [0.2, 0.25) is 5.02 Å². The molecule has 4 rings (SSSR count). The number of nitrogens with zero attached hydrogens (tertiary/aromatic N) is 2. The second kappa shape index (κ2) is 7.66. The molecule has 28 heavy (non-hydrogen) atoms. The number of halogens is 1. The van der Waals surface area contributed by atoms with E-state index >= 15 is 0 Å². The quantitative estimate of drug-likeness (QED) is 0.478. The average Bonchev–Trinajstić information content (AvgIpc) is 2.71. The van der Waals surface area contributed by atoms with Crippen molar-refractivity contribution >= 4 is 45.5 Å². The molecule has 0 radical (unpaired) electrons. The highest BCUT2D eigenvalue weighted by Gasteiger charge is 2.09. The number of para-hydroxylation sites is 1. The maximum atomic E-state index is 12.4. The number of nitrogens with one attached hydrogen (secondary N) is 2. The van der Waals surface area contributed by atoms with Crippen molar-refractivity contribution in [1.82, 2.24) is 9.97 Å². The Labute approximate surface area is 167 Å². The molecule has 0 aliphatic rings. The summed E-state index contributed by atoms with van der Waals surface area (Å²) in [5, 5.41) is 7.76. The topological polar surface area (TPSA) is 66.9 Å². The lowest BCUT2D eigenvalue weighted by atomic mass is 10.2. The van der Waals surface area contributed by atoms with Gasteiger partial charge in [-0.05, 0) is 48.9 Å². The van der Waals surface area contributed by atoms with Crippen LogP contribution in [0.3, 0.4) is 0 Å². The summed E-state index contributed by atoms with van der Waals surface area (Å²) in [4.78, 5) is 21.1. The summed E-state index contributed by atoms with van der Waals surface area (Å²) >= 11 is 6.10. The molecular formula is C22H17ClN4O. The second-order valence-corrected chi connectivity index (χ2v) is 6.76. The number of aromatic nitrogens is 2. The van der Waals surface area contributed by atoms with E-state index in [4.69, 9.17) is 11.6 Å². The van der Waals surface area contributed by atoms with Gasteiger partial charge in [-0.2, -0.15) is 0 Å². The van der Waals surface area contributed by atoms with Crippen molar-refractivity contribution in [2.24, 2.45) is 0 Å². The van der Waals surface area contributed by atoms with E-state index in [-0.39, 0.29) is 5.91 Å². The zero-order chi connectivity index (χ0) is 19.5. The Hall–Kier alpha value is -3.44. The number of fused-ring (bicyclic) bond motifs is 1. The van der Waals surface area contributed by atoms with E-state index in [1.807, 2.05) is 55.5 Å². The van der Waals surface area contributed by atoms with Crippen molar-refractivity contribution in [3.05, 3.63) is 89.3 Å². The third-order valence-corrected chi connectivity index (χ3v) is 4.74. The van der Waals surface area contributed by atoms with Crippen molar-refractivity contribution < 1.29 is 4.79 Å². The van der Waals surface area contributed by atoms with Gasteiger partial charge in [0.05, 0.1) is 23.1 Å². The minimum Gasteiger partial charge on any atom is -0.352 e. The standard InChI is InChI=1S/C22H17ClN4O/c1-14-7-8-16(12-18(14)23)27-22(28)20-10-9-17(13-25-20)26-19-6-2-4-15-5-3-11-24-21(15)19/h2-13,26H,1H3,(H,27,28). The molecule has 2 heterocycles. The molecule has 0 fully saturated rings. The molecule has 2 N–H and O–H groups in total.